The second-order valence-electron chi connectivity index (χ2n) is 9.55. The first-order valence-corrected chi connectivity index (χ1v) is 12.0. The van der Waals surface area contributed by atoms with Crippen molar-refractivity contribution in [2.75, 3.05) is 52.9 Å². The Hall–Kier alpha value is -2.23. The van der Waals surface area contributed by atoms with Crippen LogP contribution in [0.3, 0.4) is 0 Å². The lowest BCUT2D eigenvalue weighted by Crippen LogP contribution is -2.36. The molecule has 32 heavy (non-hydrogen) atoms. The van der Waals surface area contributed by atoms with Crippen LogP contribution in [0.2, 0.25) is 0 Å². The molecule has 4 rings (SSSR count). The van der Waals surface area contributed by atoms with Gasteiger partial charge in [-0.05, 0) is 80.2 Å². The highest BCUT2D eigenvalue weighted by Crippen LogP contribution is 2.26. The summed E-state index contributed by atoms with van der Waals surface area (Å²) in [5.41, 5.74) is 5.37. The predicted octanol–water partition coefficient (Wildman–Crippen LogP) is 3.57. The van der Waals surface area contributed by atoms with Crippen LogP contribution in [0, 0.1) is 17.2 Å². The lowest BCUT2D eigenvalue weighted by molar-refractivity contribution is 0.116. The molecule has 170 valence electrons. The van der Waals surface area contributed by atoms with Gasteiger partial charge in [0.05, 0.1) is 11.6 Å². The van der Waals surface area contributed by atoms with E-state index in [1.54, 1.807) is 0 Å². The minimum Gasteiger partial charge on any atom is -0.396 e. The number of nitrogens with zero attached hydrogens (tertiary/aromatic N) is 4. The summed E-state index contributed by atoms with van der Waals surface area (Å²) in [6.07, 6.45) is 3.49. The Balaban J connectivity index is 1.42. The van der Waals surface area contributed by atoms with Gasteiger partial charge in [-0.15, -0.1) is 0 Å². The molecule has 1 N–H and O–H groups in total. The molecule has 2 aliphatic heterocycles. The predicted molar refractivity (Wildman–Crippen MR) is 129 cm³/mol. The van der Waals surface area contributed by atoms with E-state index in [0.29, 0.717) is 5.92 Å². The third-order valence-corrected chi connectivity index (χ3v) is 6.96. The summed E-state index contributed by atoms with van der Waals surface area (Å²) in [6.45, 7) is 8.66. The molecule has 0 aliphatic carbocycles. The number of piperidine rings is 1. The van der Waals surface area contributed by atoms with Crippen molar-refractivity contribution in [1.82, 2.24) is 14.7 Å². The van der Waals surface area contributed by atoms with Gasteiger partial charge in [0.2, 0.25) is 0 Å². The van der Waals surface area contributed by atoms with Gasteiger partial charge in [-0.2, -0.15) is 5.26 Å². The maximum Gasteiger partial charge on any atom is 0.0998 e. The van der Waals surface area contributed by atoms with Crippen molar-refractivity contribution < 1.29 is 5.11 Å². The Kier molecular flexibility index (Phi) is 7.94. The zero-order valence-corrected chi connectivity index (χ0v) is 19.3. The maximum atomic E-state index is 9.81. The van der Waals surface area contributed by atoms with Crippen LogP contribution in [0.1, 0.15) is 36.0 Å². The maximum absolute atomic E-state index is 9.81. The van der Waals surface area contributed by atoms with Crippen LogP contribution >= 0.6 is 0 Å². The molecule has 0 aromatic heterocycles. The van der Waals surface area contributed by atoms with Gasteiger partial charge in [-0.3, -0.25) is 9.80 Å². The summed E-state index contributed by atoms with van der Waals surface area (Å²) < 4.78 is 0. The van der Waals surface area contributed by atoms with E-state index in [4.69, 9.17) is 0 Å². The highest BCUT2D eigenvalue weighted by molar-refractivity contribution is 5.71. The Morgan fingerprint density at radius 1 is 0.906 bits per heavy atom. The molecule has 1 atom stereocenters. The molecule has 0 saturated carbocycles. The molecule has 0 spiro atoms. The Bertz CT molecular complexity index is 920. The first kappa shape index (κ1) is 22.9. The number of hydrogen-bond donors (Lipinski definition) is 1. The Morgan fingerprint density at radius 2 is 1.66 bits per heavy atom. The fourth-order valence-corrected chi connectivity index (χ4v) is 5.04. The average Bonchev–Trinajstić information content (AvgIpc) is 3.03. The molecule has 2 saturated heterocycles. The highest BCUT2D eigenvalue weighted by atomic mass is 16.3. The molecule has 2 aliphatic rings. The molecular weight excluding hydrogens is 396 g/mol. The lowest BCUT2D eigenvalue weighted by Gasteiger charge is -2.31. The SMILES string of the molecule is CN1CCCN(Cc2ccc(-c3ccc(CN4CCCC(CO)C4)cc3)c(C#N)c2)CC1. The molecule has 0 radical (unpaired) electrons. The monoisotopic (exact) mass is 432 g/mol. The van der Waals surface area contributed by atoms with Crippen molar-refractivity contribution in [2.45, 2.75) is 32.4 Å². The number of hydrogen-bond acceptors (Lipinski definition) is 5. The lowest BCUT2D eigenvalue weighted by atomic mass is 9.96. The minimum absolute atomic E-state index is 0.289. The van der Waals surface area contributed by atoms with Crippen LogP contribution in [-0.2, 0) is 13.1 Å². The van der Waals surface area contributed by atoms with Crippen LogP contribution in [-0.4, -0.2) is 72.7 Å². The van der Waals surface area contributed by atoms with Gasteiger partial charge in [0.1, 0.15) is 0 Å². The van der Waals surface area contributed by atoms with Gasteiger partial charge in [-0.1, -0.05) is 36.4 Å². The molecule has 0 bridgehead atoms. The zero-order chi connectivity index (χ0) is 22.3. The molecule has 2 fully saturated rings. The highest BCUT2D eigenvalue weighted by Gasteiger charge is 2.19. The average molecular weight is 433 g/mol. The van der Waals surface area contributed by atoms with Gasteiger partial charge in [0.15, 0.2) is 0 Å². The van der Waals surface area contributed by atoms with Gasteiger partial charge >= 0.3 is 0 Å². The summed E-state index contributed by atoms with van der Waals surface area (Å²) in [5, 5.41) is 19.3. The molecule has 5 nitrogen and oxygen atoms in total. The van der Waals surface area contributed by atoms with Crippen LogP contribution < -0.4 is 0 Å². The summed E-state index contributed by atoms with van der Waals surface area (Å²) in [5.74, 6) is 0.412. The van der Waals surface area contributed by atoms with E-state index in [-0.39, 0.29) is 6.61 Å². The number of likely N-dealkylation sites (tertiary alicyclic amines) is 1. The molecular formula is C27H36N4O. The van der Waals surface area contributed by atoms with E-state index in [0.717, 1.165) is 81.9 Å². The largest absolute Gasteiger partial charge is 0.396 e. The van der Waals surface area contributed by atoms with Crippen LogP contribution in [0.15, 0.2) is 42.5 Å². The van der Waals surface area contributed by atoms with E-state index >= 15 is 0 Å². The Labute approximate surface area is 192 Å². The van der Waals surface area contributed by atoms with Gasteiger partial charge in [0, 0.05) is 39.3 Å². The summed E-state index contributed by atoms with van der Waals surface area (Å²) >= 11 is 0. The molecule has 2 heterocycles. The molecule has 0 amide bonds. The van der Waals surface area contributed by atoms with E-state index < -0.39 is 0 Å². The van der Waals surface area contributed by atoms with Crippen molar-refractivity contribution in [3.05, 3.63) is 59.2 Å². The van der Waals surface area contributed by atoms with E-state index in [2.05, 4.69) is 70.3 Å². The number of likely N-dealkylation sites (N-methyl/N-ethyl adjacent to an activating group) is 1. The fraction of sp³-hybridized carbons (Fsp3) is 0.519. The number of rotatable bonds is 6. The Morgan fingerprint density at radius 3 is 2.44 bits per heavy atom. The zero-order valence-electron chi connectivity index (χ0n) is 19.3. The third-order valence-electron chi connectivity index (χ3n) is 6.96. The van der Waals surface area contributed by atoms with Gasteiger partial charge in [-0.25, -0.2) is 0 Å². The normalized spacial score (nSPS) is 21.2. The van der Waals surface area contributed by atoms with E-state index in [1.807, 2.05) is 0 Å². The summed E-state index contributed by atoms with van der Waals surface area (Å²) in [4.78, 5) is 7.33. The molecule has 2 aromatic carbocycles. The number of benzene rings is 2. The van der Waals surface area contributed by atoms with Crippen molar-refractivity contribution in [3.63, 3.8) is 0 Å². The summed E-state index contributed by atoms with van der Waals surface area (Å²) in [6, 6.07) is 17.4. The van der Waals surface area contributed by atoms with Crippen molar-refractivity contribution in [3.8, 4) is 17.2 Å². The van der Waals surface area contributed by atoms with E-state index in [1.165, 1.54) is 17.5 Å². The van der Waals surface area contributed by atoms with Crippen LogP contribution in [0.5, 0.6) is 0 Å². The van der Waals surface area contributed by atoms with E-state index in [9.17, 15) is 10.4 Å². The second kappa shape index (κ2) is 11.1. The van der Waals surface area contributed by atoms with Gasteiger partial charge < -0.3 is 10.0 Å². The smallest absolute Gasteiger partial charge is 0.0998 e. The standard InChI is InChI=1S/C27H36N4O/c1-29-11-3-13-30(15-14-29)19-23-7-10-27(26(16-23)17-28)25-8-5-22(6-9-25)18-31-12-2-4-24(20-31)21-32/h5-10,16,24,32H,2-4,11-15,18-21H2,1H3. The van der Waals surface area contributed by atoms with Gasteiger partial charge in [0.25, 0.3) is 0 Å². The second-order valence-corrected chi connectivity index (χ2v) is 9.55. The third kappa shape index (κ3) is 5.96. The first-order chi connectivity index (χ1) is 15.6. The number of nitriles is 1. The molecule has 1 unspecified atom stereocenters. The molecule has 5 heteroatoms. The van der Waals surface area contributed by atoms with Crippen molar-refractivity contribution in [2.24, 2.45) is 5.92 Å². The quantitative estimate of drug-likeness (QED) is 0.756. The van der Waals surface area contributed by atoms with Crippen LogP contribution in [0.4, 0.5) is 0 Å². The number of aliphatic hydroxyl groups excluding tert-OH is 1. The summed E-state index contributed by atoms with van der Waals surface area (Å²) in [7, 11) is 2.19. The fourth-order valence-electron chi connectivity index (χ4n) is 5.04. The topological polar surface area (TPSA) is 53.7 Å². The number of aliphatic hydroxyl groups is 1. The molecule has 2 aromatic rings. The first-order valence-electron chi connectivity index (χ1n) is 12.0. The minimum atomic E-state index is 0.289. The van der Waals surface area contributed by atoms with Crippen LogP contribution in [0.25, 0.3) is 11.1 Å². The van der Waals surface area contributed by atoms with Crippen molar-refractivity contribution >= 4 is 0 Å². The van der Waals surface area contributed by atoms with Crippen molar-refractivity contribution in [1.29, 1.82) is 5.26 Å².